The molecule has 0 aromatic heterocycles. The molecular formula is C23H33NO3. The highest BCUT2D eigenvalue weighted by Crippen LogP contribution is 2.67. The van der Waals surface area contributed by atoms with Crippen molar-refractivity contribution in [1.82, 2.24) is 0 Å². The summed E-state index contributed by atoms with van der Waals surface area (Å²) >= 11 is 0. The molecule has 0 spiro atoms. The third-order valence-electron chi connectivity index (χ3n) is 8.97. The van der Waals surface area contributed by atoms with Crippen LogP contribution in [0.2, 0.25) is 0 Å². The average Bonchev–Trinajstić information content (AvgIpc) is 2.97. The molecule has 0 radical (unpaired) electrons. The van der Waals surface area contributed by atoms with Crippen molar-refractivity contribution in [2.75, 3.05) is 6.61 Å². The predicted octanol–water partition coefficient (Wildman–Crippen LogP) is 4.38. The largest absolute Gasteiger partial charge is 0.465 e. The van der Waals surface area contributed by atoms with Gasteiger partial charge in [0.2, 0.25) is 0 Å². The summed E-state index contributed by atoms with van der Waals surface area (Å²) in [7, 11) is 0. The van der Waals surface area contributed by atoms with Crippen LogP contribution in [0.15, 0.2) is 11.6 Å². The Morgan fingerprint density at radius 3 is 2.81 bits per heavy atom. The number of hydrogen-bond acceptors (Lipinski definition) is 4. The number of carbonyl (C=O) groups excluding carboxylic acids is 1. The number of nitriles is 1. The molecule has 0 aromatic rings. The van der Waals surface area contributed by atoms with E-state index in [1.165, 1.54) is 25.3 Å². The molecule has 4 nitrogen and oxygen atoms in total. The predicted molar refractivity (Wildman–Crippen MR) is 102 cm³/mol. The van der Waals surface area contributed by atoms with Crippen molar-refractivity contribution in [2.45, 2.75) is 77.7 Å². The molecule has 0 amide bonds. The molecule has 148 valence electrons. The minimum atomic E-state index is -0.192. The molecule has 7 atom stereocenters. The van der Waals surface area contributed by atoms with Crippen molar-refractivity contribution in [3.05, 3.63) is 11.6 Å². The lowest BCUT2D eigenvalue weighted by Gasteiger charge is -2.61. The fraction of sp³-hybridized carbons (Fsp3) is 0.826. The molecule has 27 heavy (non-hydrogen) atoms. The first-order valence-electron chi connectivity index (χ1n) is 10.8. The van der Waals surface area contributed by atoms with E-state index in [0.29, 0.717) is 30.3 Å². The fourth-order valence-electron chi connectivity index (χ4n) is 7.71. The highest BCUT2D eigenvalue weighted by molar-refractivity contribution is 5.65. The number of ether oxygens (including phenoxy) is 1. The number of aliphatic hydroxyl groups is 1. The summed E-state index contributed by atoms with van der Waals surface area (Å²) in [6, 6.07) is 2.28. The van der Waals surface area contributed by atoms with E-state index in [9.17, 15) is 15.2 Å². The Bertz CT molecular complexity index is 680. The second-order valence-corrected chi connectivity index (χ2v) is 9.89. The molecular weight excluding hydrogens is 338 g/mol. The van der Waals surface area contributed by atoms with Gasteiger partial charge >= 0.3 is 5.97 Å². The van der Waals surface area contributed by atoms with Crippen LogP contribution in [0.5, 0.6) is 0 Å². The molecule has 0 unspecified atom stereocenters. The monoisotopic (exact) mass is 371 g/mol. The standard InChI is InChI=1S/C23H33NO3/c1-15(25)27-14-23-11-7-18(26)13-17(23)3-5-19-20-6-4-16(9-12-24)22(20,2)10-8-21(19)23/h9,17-21,26H,3-8,10-11,13-14H2,1-2H3/b16-9-/t17-,18+,19-,20-,21-,22+,23+/m0/s1. The van der Waals surface area contributed by atoms with E-state index in [1.54, 1.807) is 0 Å². The van der Waals surface area contributed by atoms with Crippen LogP contribution >= 0.6 is 0 Å². The lowest BCUT2D eigenvalue weighted by Crippen LogP contribution is -2.56. The summed E-state index contributed by atoms with van der Waals surface area (Å²) in [5, 5.41) is 19.5. The summed E-state index contributed by atoms with van der Waals surface area (Å²) in [6.45, 7) is 4.43. The van der Waals surface area contributed by atoms with Gasteiger partial charge in [-0.1, -0.05) is 12.5 Å². The van der Waals surface area contributed by atoms with Gasteiger partial charge in [0, 0.05) is 18.4 Å². The van der Waals surface area contributed by atoms with E-state index in [4.69, 9.17) is 4.74 Å². The van der Waals surface area contributed by atoms with E-state index < -0.39 is 0 Å². The second-order valence-electron chi connectivity index (χ2n) is 9.89. The molecule has 4 fully saturated rings. The lowest BCUT2D eigenvalue weighted by atomic mass is 9.44. The second kappa shape index (κ2) is 6.92. The molecule has 4 heteroatoms. The van der Waals surface area contributed by atoms with Gasteiger partial charge in [-0.2, -0.15) is 5.26 Å². The van der Waals surface area contributed by atoms with Crippen molar-refractivity contribution in [1.29, 1.82) is 5.26 Å². The van der Waals surface area contributed by atoms with Gasteiger partial charge in [-0.3, -0.25) is 4.79 Å². The van der Waals surface area contributed by atoms with E-state index >= 15 is 0 Å². The zero-order chi connectivity index (χ0) is 19.2. The van der Waals surface area contributed by atoms with Gasteiger partial charge < -0.3 is 9.84 Å². The SMILES string of the molecule is CC(=O)OC[C@]12CC[C@@H](O)C[C@@H]1CC[C@@H]1[C@@H]2CC[C@]2(C)/C(=C\C#N)CC[C@@H]12. The maximum absolute atomic E-state index is 11.6. The van der Waals surface area contributed by atoms with E-state index in [1.807, 2.05) is 6.08 Å². The number of rotatable bonds is 2. The Morgan fingerprint density at radius 1 is 1.26 bits per heavy atom. The van der Waals surface area contributed by atoms with Gasteiger partial charge in [0.15, 0.2) is 0 Å². The van der Waals surface area contributed by atoms with Gasteiger partial charge in [0.25, 0.3) is 0 Å². The van der Waals surface area contributed by atoms with Crippen LogP contribution in [0.3, 0.4) is 0 Å². The molecule has 0 aliphatic heterocycles. The smallest absolute Gasteiger partial charge is 0.302 e. The molecule has 4 aliphatic carbocycles. The van der Waals surface area contributed by atoms with E-state index in [-0.39, 0.29) is 22.9 Å². The molecule has 0 heterocycles. The number of esters is 1. The molecule has 4 saturated carbocycles. The number of aliphatic hydroxyl groups excluding tert-OH is 1. The summed E-state index contributed by atoms with van der Waals surface area (Å²) < 4.78 is 5.65. The highest BCUT2D eigenvalue weighted by Gasteiger charge is 2.60. The first kappa shape index (κ1) is 19.0. The molecule has 0 saturated heterocycles. The zero-order valence-electron chi connectivity index (χ0n) is 16.7. The van der Waals surface area contributed by atoms with Crippen molar-refractivity contribution < 1.29 is 14.6 Å². The van der Waals surface area contributed by atoms with Crippen LogP contribution < -0.4 is 0 Å². The van der Waals surface area contributed by atoms with Crippen molar-refractivity contribution in [3.8, 4) is 6.07 Å². The molecule has 1 N–H and O–H groups in total. The van der Waals surface area contributed by atoms with Crippen molar-refractivity contribution >= 4 is 5.97 Å². The van der Waals surface area contributed by atoms with E-state index in [0.717, 1.165) is 44.9 Å². The van der Waals surface area contributed by atoms with Crippen LogP contribution in [0.1, 0.15) is 71.6 Å². The zero-order valence-corrected chi connectivity index (χ0v) is 16.7. The van der Waals surface area contributed by atoms with E-state index in [2.05, 4.69) is 13.0 Å². The number of hydrogen-bond donors (Lipinski definition) is 1. The fourth-order valence-corrected chi connectivity index (χ4v) is 7.71. The lowest BCUT2D eigenvalue weighted by molar-refractivity contribution is -0.171. The number of carbonyl (C=O) groups is 1. The third kappa shape index (κ3) is 2.94. The number of allylic oxidation sites excluding steroid dienone is 2. The Labute approximate surface area is 163 Å². The van der Waals surface area contributed by atoms with Crippen molar-refractivity contribution in [2.24, 2.45) is 34.5 Å². The average molecular weight is 372 g/mol. The Kier molecular flexibility index (Phi) is 4.87. The first-order valence-corrected chi connectivity index (χ1v) is 10.8. The number of fused-ring (bicyclic) bond motifs is 5. The Morgan fingerprint density at radius 2 is 2.07 bits per heavy atom. The first-order chi connectivity index (χ1) is 12.9. The molecule has 4 rings (SSSR count). The summed E-state index contributed by atoms with van der Waals surface area (Å²) in [5.74, 6) is 2.19. The maximum Gasteiger partial charge on any atom is 0.302 e. The van der Waals surface area contributed by atoms with Gasteiger partial charge in [-0.05, 0) is 86.9 Å². The third-order valence-corrected chi connectivity index (χ3v) is 8.97. The highest BCUT2D eigenvalue weighted by atomic mass is 16.5. The quantitative estimate of drug-likeness (QED) is 0.577. The van der Waals surface area contributed by atoms with Gasteiger partial charge in [0.1, 0.15) is 0 Å². The van der Waals surface area contributed by atoms with Gasteiger partial charge in [-0.15, -0.1) is 0 Å². The Balaban J connectivity index is 1.65. The minimum Gasteiger partial charge on any atom is -0.465 e. The van der Waals surface area contributed by atoms with Crippen molar-refractivity contribution in [3.63, 3.8) is 0 Å². The maximum atomic E-state index is 11.6. The van der Waals surface area contributed by atoms with Crippen LogP contribution in [-0.2, 0) is 9.53 Å². The molecule has 0 aromatic carbocycles. The topological polar surface area (TPSA) is 70.3 Å². The molecule has 4 aliphatic rings. The molecule has 0 bridgehead atoms. The summed E-state index contributed by atoms with van der Waals surface area (Å²) in [6.07, 6.45) is 11.2. The number of nitrogens with zero attached hydrogens (tertiary/aromatic N) is 1. The Hall–Kier alpha value is -1.34. The van der Waals surface area contributed by atoms with Crippen LogP contribution in [0.25, 0.3) is 0 Å². The minimum absolute atomic E-state index is 0.0524. The summed E-state index contributed by atoms with van der Waals surface area (Å²) in [4.78, 5) is 11.6. The van der Waals surface area contributed by atoms with Crippen LogP contribution in [0, 0.1) is 45.8 Å². The van der Waals surface area contributed by atoms with Gasteiger partial charge in [0.05, 0.1) is 18.8 Å². The van der Waals surface area contributed by atoms with Crippen LogP contribution in [-0.4, -0.2) is 23.8 Å². The normalized spacial score (nSPS) is 47.5. The van der Waals surface area contributed by atoms with Crippen LogP contribution in [0.4, 0.5) is 0 Å². The van der Waals surface area contributed by atoms with Gasteiger partial charge in [-0.25, -0.2) is 0 Å². The summed E-state index contributed by atoms with van der Waals surface area (Å²) in [5.41, 5.74) is 1.60.